The number of nitrogens with zero attached hydrogens (tertiary/aromatic N) is 1. The molecular weight excluding hydrogens is 300 g/mol. The normalized spacial score (nSPS) is 12.4. The zero-order valence-corrected chi connectivity index (χ0v) is 13.3. The van der Waals surface area contributed by atoms with Gasteiger partial charge in [0.25, 0.3) is 0 Å². The number of oxazole rings is 1. The molecule has 1 aromatic carbocycles. The van der Waals surface area contributed by atoms with E-state index in [4.69, 9.17) is 10.2 Å². The first-order valence-electron chi connectivity index (χ1n) is 7.22. The lowest BCUT2D eigenvalue weighted by Crippen LogP contribution is -2.46. The SMILES string of the molecule is CC(C)[C@H](N)C(=O)NCC(=O)Nc1ccc2oc(=O)n(C)c2c1. The molecule has 0 radical (unpaired) electrons. The Hall–Kier alpha value is -2.61. The molecule has 124 valence electrons. The zero-order valence-electron chi connectivity index (χ0n) is 13.3. The number of carbonyl (C=O) groups excluding carboxylic acids is 2. The first-order chi connectivity index (χ1) is 10.8. The summed E-state index contributed by atoms with van der Waals surface area (Å²) < 4.78 is 6.35. The van der Waals surface area contributed by atoms with E-state index in [9.17, 15) is 14.4 Å². The maximum Gasteiger partial charge on any atom is 0.419 e. The van der Waals surface area contributed by atoms with Gasteiger partial charge in [-0.2, -0.15) is 0 Å². The second-order valence-electron chi connectivity index (χ2n) is 5.65. The molecule has 1 atom stereocenters. The van der Waals surface area contributed by atoms with Crippen LogP contribution in [0, 0.1) is 5.92 Å². The number of aryl methyl sites for hydroxylation is 1. The minimum absolute atomic E-state index is 0.0113. The number of aromatic nitrogens is 1. The Morgan fingerprint density at radius 1 is 1.35 bits per heavy atom. The second-order valence-corrected chi connectivity index (χ2v) is 5.65. The minimum Gasteiger partial charge on any atom is -0.408 e. The van der Waals surface area contributed by atoms with Gasteiger partial charge in [-0.25, -0.2) is 4.79 Å². The molecule has 0 bridgehead atoms. The molecule has 8 heteroatoms. The molecule has 0 spiro atoms. The smallest absolute Gasteiger partial charge is 0.408 e. The predicted octanol–water partition coefficient (Wildman–Crippen LogP) is 0.170. The van der Waals surface area contributed by atoms with E-state index in [1.165, 1.54) is 4.57 Å². The fourth-order valence-electron chi connectivity index (χ4n) is 2.00. The Bertz CT molecular complexity index is 790. The van der Waals surface area contributed by atoms with Gasteiger partial charge in [0, 0.05) is 12.7 Å². The van der Waals surface area contributed by atoms with Crippen molar-refractivity contribution in [3.05, 3.63) is 28.7 Å². The molecule has 2 rings (SSSR count). The highest BCUT2D eigenvalue weighted by molar-refractivity contribution is 5.96. The number of anilines is 1. The van der Waals surface area contributed by atoms with E-state index in [2.05, 4.69) is 10.6 Å². The molecule has 0 aliphatic heterocycles. The number of nitrogens with one attached hydrogen (secondary N) is 2. The van der Waals surface area contributed by atoms with Crippen molar-refractivity contribution in [2.24, 2.45) is 18.7 Å². The van der Waals surface area contributed by atoms with Crippen molar-refractivity contribution in [1.29, 1.82) is 0 Å². The van der Waals surface area contributed by atoms with Crippen LogP contribution in [-0.4, -0.2) is 29.0 Å². The van der Waals surface area contributed by atoms with Crippen LogP contribution in [0.3, 0.4) is 0 Å². The van der Waals surface area contributed by atoms with Gasteiger partial charge in [-0.1, -0.05) is 13.8 Å². The van der Waals surface area contributed by atoms with E-state index >= 15 is 0 Å². The van der Waals surface area contributed by atoms with Crippen LogP contribution in [0.5, 0.6) is 0 Å². The average molecular weight is 320 g/mol. The zero-order chi connectivity index (χ0) is 17.1. The van der Waals surface area contributed by atoms with Crippen molar-refractivity contribution in [1.82, 2.24) is 9.88 Å². The van der Waals surface area contributed by atoms with Crippen molar-refractivity contribution in [2.45, 2.75) is 19.9 Å². The third-order valence-electron chi connectivity index (χ3n) is 3.52. The Morgan fingerprint density at radius 3 is 2.70 bits per heavy atom. The van der Waals surface area contributed by atoms with Crippen molar-refractivity contribution in [3.63, 3.8) is 0 Å². The summed E-state index contributed by atoms with van der Waals surface area (Å²) in [5, 5.41) is 5.13. The molecule has 0 saturated carbocycles. The van der Waals surface area contributed by atoms with Gasteiger partial charge in [-0.05, 0) is 24.1 Å². The first-order valence-corrected chi connectivity index (χ1v) is 7.22. The number of hydrogen-bond donors (Lipinski definition) is 3. The maximum absolute atomic E-state index is 11.9. The van der Waals surface area contributed by atoms with Crippen LogP contribution in [0.4, 0.5) is 5.69 Å². The van der Waals surface area contributed by atoms with E-state index in [0.717, 1.165) is 0 Å². The third kappa shape index (κ3) is 3.78. The highest BCUT2D eigenvalue weighted by atomic mass is 16.4. The molecule has 0 aliphatic carbocycles. The summed E-state index contributed by atoms with van der Waals surface area (Å²) in [6.45, 7) is 3.48. The minimum atomic E-state index is -0.653. The average Bonchev–Trinajstić information content (AvgIpc) is 2.79. The number of nitrogens with two attached hydrogens (primary N) is 1. The Morgan fingerprint density at radius 2 is 2.04 bits per heavy atom. The molecule has 1 aromatic heterocycles. The first kappa shape index (κ1) is 16.8. The summed E-state index contributed by atoms with van der Waals surface area (Å²) in [6.07, 6.45) is 0. The topological polar surface area (TPSA) is 119 Å². The number of hydrogen-bond acceptors (Lipinski definition) is 5. The summed E-state index contributed by atoms with van der Waals surface area (Å²) in [5.74, 6) is -1.24. The van der Waals surface area contributed by atoms with Crippen LogP contribution < -0.4 is 22.1 Å². The van der Waals surface area contributed by atoms with Crippen LogP contribution in [0.2, 0.25) is 0 Å². The molecule has 0 fully saturated rings. The lowest BCUT2D eigenvalue weighted by Gasteiger charge is -2.15. The summed E-state index contributed by atoms with van der Waals surface area (Å²) >= 11 is 0. The van der Waals surface area contributed by atoms with Gasteiger partial charge in [0.1, 0.15) is 0 Å². The Kier molecular flexibility index (Phi) is 4.85. The molecule has 0 aliphatic rings. The monoisotopic (exact) mass is 320 g/mol. The summed E-state index contributed by atoms with van der Waals surface area (Å²) in [7, 11) is 1.58. The molecule has 4 N–H and O–H groups in total. The highest BCUT2D eigenvalue weighted by Crippen LogP contribution is 2.17. The maximum atomic E-state index is 11.9. The van der Waals surface area contributed by atoms with Gasteiger partial charge in [0.05, 0.1) is 18.1 Å². The van der Waals surface area contributed by atoms with Gasteiger partial charge in [-0.15, -0.1) is 0 Å². The second kappa shape index (κ2) is 6.66. The summed E-state index contributed by atoms with van der Waals surface area (Å²) in [4.78, 5) is 35.0. The molecule has 0 saturated heterocycles. The summed E-state index contributed by atoms with van der Waals surface area (Å²) in [5.41, 5.74) is 7.20. The van der Waals surface area contributed by atoms with Gasteiger partial charge >= 0.3 is 5.76 Å². The van der Waals surface area contributed by atoms with E-state index in [1.54, 1.807) is 25.2 Å². The van der Waals surface area contributed by atoms with Crippen molar-refractivity contribution < 1.29 is 14.0 Å². The summed E-state index contributed by atoms with van der Waals surface area (Å²) in [6, 6.07) is 4.18. The van der Waals surface area contributed by atoms with Crippen LogP contribution in [0.25, 0.3) is 11.1 Å². The van der Waals surface area contributed by atoms with Gasteiger partial charge in [0.15, 0.2) is 5.58 Å². The van der Waals surface area contributed by atoms with Gasteiger partial charge < -0.3 is 20.8 Å². The Balaban J connectivity index is 1.99. The quantitative estimate of drug-likeness (QED) is 0.725. The highest BCUT2D eigenvalue weighted by Gasteiger charge is 2.17. The van der Waals surface area contributed by atoms with Crippen LogP contribution in [0.1, 0.15) is 13.8 Å². The molecule has 8 nitrogen and oxygen atoms in total. The molecule has 2 amide bonds. The largest absolute Gasteiger partial charge is 0.419 e. The van der Waals surface area contributed by atoms with Crippen LogP contribution in [0.15, 0.2) is 27.4 Å². The van der Waals surface area contributed by atoms with Crippen LogP contribution in [-0.2, 0) is 16.6 Å². The van der Waals surface area contributed by atoms with E-state index in [1.807, 2.05) is 13.8 Å². The standard InChI is InChI=1S/C15H20N4O4/c1-8(2)13(16)14(21)17-7-12(20)18-9-4-5-11-10(6-9)19(3)15(22)23-11/h4-6,8,13H,7,16H2,1-3H3,(H,17,21)(H,18,20)/t13-/m0/s1. The van der Waals surface area contributed by atoms with E-state index in [-0.39, 0.29) is 24.3 Å². The molecule has 1 heterocycles. The lowest BCUT2D eigenvalue weighted by molar-refractivity contribution is -0.125. The number of carbonyl (C=O) groups is 2. The lowest BCUT2D eigenvalue weighted by atomic mass is 10.1. The van der Waals surface area contributed by atoms with E-state index < -0.39 is 11.8 Å². The van der Waals surface area contributed by atoms with Gasteiger partial charge in [-0.3, -0.25) is 14.2 Å². The van der Waals surface area contributed by atoms with Crippen molar-refractivity contribution in [2.75, 3.05) is 11.9 Å². The number of amides is 2. The fraction of sp³-hybridized carbons (Fsp3) is 0.400. The van der Waals surface area contributed by atoms with Crippen molar-refractivity contribution >= 4 is 28.6 Å². The molecule has 23 heavy (non-hydrogen) atoms. The number of rotatable bonds is 5. The fourth-order valence-corrected chi connectivity index (χ4v) is 2.00. The predicted molar refractivity (Wildman–Crippen MR) is 85.9 cm³/mol. The van der Waals surface area contributed by atoms with Crippen molar-refractivity contribution in [3.8, 4) is 0 Å². The number of fused-ring (bicyclic) bond motifs is 1. The molecular formula is C15H20N4O4. The molecule has 0 unspecified atom stereocenters. The number of benzene rings is 1. The Labute approximate surface area is 132 Å². The third-order valence-corrected chi connectivity index (χ3v) is 3.52. The van der Waals surface area contributed by atoms with Crippen LogP contribution >= 0.6 is 0 Å². The molecule has 2 aromatic rings. The van der Waals surface area contributed by atoms with Gasteiger partial charge in [0.2, 0.25) is 11.8 Å². The van der Waals surface area contributed by atoms with E-state index in [0.29, 0.717) is 16.8 Å².